The maximum Gasteiger partial charge on any atom is 0.255 e. The summed E-state index contributed by atoms with van der Waals surface area (Å²) in [5.74, 6) is 1.89. The Morgan fingerprint density at radius 2 is 1.48 bits per heavy atom. The summed E-state index contributed by atoms with van der Waals surface area (Å²) in [5, 5.41) is 3.37. The zero-order valence-electron chi connectivity index (χ0n) is 13.5. The number of carbonyl (C=O) groups excluding carboxylic acids is 1. The van der Waals surface area contributed by atoms with Crippen molar-refractivity contribution in [1.29, 1.82) is 0 Å². The number of carbonyl (C=O) groups is 1. The van der Waals surface area contributed by atoms with Crippen LogP contribution in [0.4, 0.5) is 5.69 Å². The van der Waals surface area contributed by atoms with Gasteiger partial charge in [0.25, 0.3) is 5.91 Å². The summed E-state index contributed by atoms with van der Waals surface area (Å²) in [4.78, 5) is 12.3. The van der Waals surface area contributed by atoms with Crippen molar-refractivity contribution in [2.45, 2.75) is 0 Å². The van der Waals surface area contributed by atoms with Gasteiger partial charge in [0.05, 0.1) is 7.11 Å². The molecule has 0 unspecified atom stereocenters. The van der Waals surface area contributed by atoms with Crippen LogP contribution in [0.2, 0.25) is 5.02 Å². The Bertz CT molecular complexity index is 861. The van der Waals surface area contributed by atoms with E-state index in [1.165, 1.54) is 0 Å². The van der Waals surface area contributed by atoms with Crippen LogP contribution in [0.25, 0.3) is 0 Å². The largest absolute Gasteiger partial charge is 0.497 e. The number of ether oxygens (including phenoxy) is 2. The fourth-order valence-electron chi connectivity index (χ4n) is 2.22. The quantitative estimate of drug-likeness (QED) is 0.668. The second-order valence-electron chi connectivity index (χ2n) is 5.27. The third kappa shape index (κ3) is 4.52. The van der Waals surface area contributed by atoms with Crippen LogP contribution >= 0.6 is 11.6 Å². The number of anilines is 1. The van der Waals surface area contributed by atoms with Crippen molar-refractivity contribution < 1.29 is 14.3 Å². The molecule has 3 aromatic rings. The Morgan fingerprint density at radius 3 is 2.08 bits per heavy atom. The molecule has 1 amide bonds. The van der Waals surface area contributed by atoms with Gasteiger partial charge in [0, 0.05) is 16.3 Å². The smallest absolute Gasteiger partial charge is 0.255 e. The van der Waals surface area contributed by atoms with Gasteiger partial charge in [-0.15, -0.1) is 0 Å². The number of nitrogens with one attached hydrogen (secondary N) is 1. The van der Waals surface area contributed by atoms with E-state index < -0.39 is 0 Å². The fraction of sp³-hybridized carbons (Fsp3) is 0.0500. The molecule has 0 heterocycles. The molecule has 25 heavy (non-hydrogen) atoms. The lowest BCUT2D eigenvalue weighted by molar-refractivity contribution is 0.102. The molecule has 0 atom stereocenters. The molecule has 0 bridgehead atoms. The highest BCUT2D eigenvalue weighted by Crippen LogP contribution is 2.24. The lowest BCUT2D eigenvalue weighted by Gasteiger charge is -2.08. The topological polar surface area (TPSA) is 47.6 Å². The highest BCUT2D eigenvalue weighted by molar-refractivity contribution is 6.30. The van der Waals surface area contributed by atoms with Gasteiger partial charge in [-0.1, -0.05) is 17.7 Å². The Balaban J connectivity index is 1.65. The van der Waals surface area contributed by atoms with Crippen LogP contribution in [0.3, 0.4) is 0 Å². The molecule has 0 aliphatic rings. The van der Waals surface area contributed by atoms with Gasteiger partial charge < -0.3 is 14.8 Å². The molecule has 0 spiro atoms. The average molecular weight is 354 g/mol. The van der Waals surface area contributed by atoms with E-state index in [2.05, 4.69) is 5.32 Å². The van der Waals surface area contributed by atoms with Gasteiger partial charge in [0.1, 0.15) is 17.2 Å². The number of amides is 1. The summed E-state index contributed by atoms with van der Waals surface area (Å²) >= 11 is 5.92. The molecule has 3 rings (SSSR count). The molecule has 0 aliphatic carbocycles. The summed E-state index contributed by atoms with van der Waals surface area (Å²) in [7, 11) is 1.61. The predicted molar refractivity (Wildman–Crippen MR) is 98.9 cm³/mol. The second-order valence-corrected chi connectivity index (χ2v) is 5.70. The van der Waals surface area contributed by atoms with E-state index in [1.54, 1.807) is 55.6 Å². The third-order valence-corrected chi connectivity index (χ3v) is 3.73. The first-order chi connectivity index (χ1) is 12.1. The third-order valence-electron chi connectivity index (χ3n) is 3.49. The van der Waals surface area contributed by atoms with Crippen molar-refractivity contribution >= 4 is 23.2 Å². The summed E-state index contributed by atoms with van der Waals surface area (Å²) in [6.07, 6.45) is 0. The van der Waals surface area contributed by atoms with Crippen LogP contribution in [0, 0.1) is 0 Å². The SMILES string of the molecule is COc1ccc(Oc2ccc(C(=O)Nc3cccc(Cl)c3)cc2)cc1. The first kappa shape index (κ1) is 16.9. The molecule has 0 fully saturated rings. The molecular formula is C20H16ClNO3. The maximum absolute atomic E-state index is 12.3. The molecular weight excluding hydrogens is 338 g/mol. The van der Waals surface area contributed by atoms with Gasteiger partial charge >= 0.3 is 0 Å². The van der Waals surface area contributed by atoms with Crippen LogP contribution < -0.4 is 14.8 Å². The summed E-state index contributed by atoms with van der Waals surface area (Å²) in [5.41, 5.74) is 1.18. The van der Waals surface area contributed by atoms with E-state index in [9.17, 15) is 4.79 Å². The monoisotopic (exact) mass is 353 g/mol. The van der Waals surface area contributed by atoms with Crippen LogP contribution in [-0.4, -0.2) is 13.0 Å². The molecule has 4 nitrogen and oxygen atoms in total. The van der Waals surface area contributed by atoms with E-state index in [1.807, 2.05) is 24.3 Å². The maximum atomic E-state index is 12.3. The molecule has 5 heteroatoms. The zero-order valence-corrected chi connectivity index (χ0v) is 14.3. The molecule has 0 aliphatic heterocycles. The number of halogens is 1. The lowest BCUT2D eigenvalue weighted by atomic mass is 10.2. The van der Waals surface area contributed by atoms with Gasteiger partial charge in [0.2, 0.25) is 0 Å². The van der Waals surface area contributed by atoms with Crippen LogP contribution in [-0.2, 0) is 0 Å². The van der Waals surface area contributed by atoms with Crippen molar-refractivity contribution in [3.63, 3.8) is 0 Å². The number of hydrogen-bond acceptors (Lipinski definition) is 3. The minimum absolute atomic E-state index is 0.210. The molecule has 126 valence electrons. The van der Waals surface area contributed by atoms with E-state index in [-0.39, 0.29) is 5.91 Å². The number of rotatable bonds is 5. The Kier molecular flexibility index (Phi) is 5.21. The van der Waals surface area contributed by atoms with Crippen molar-refractivity contribution in [3.8, 4) is 17.2 Å². The van der Waals surface area contributed by atoms with Gasteiger partial charge in [-0.3, -0.25) is 4.79 Å². The predicted octanol–water partition coefficient (Wildman–Crippen LogP) is 5.39. The van der Waals surface area contributed by atoms with Crippen LogP contribution in [0.15, 0.2) is 72.8 Å². The van der Waals surface area contributed by atoms with Crippen molar-refractivity contribution in [1.82, 2.24) is 0 Å². The number of hydrogen-bond donors (Lipinski definition) is 1. The molecule has 0 aromatic heterocycles. The number of benzene rings is 3. The summed E-state index contributed by atoms with van der Waals surface area (Å²) in [6, 6.07) is 21.2. The van der Waals surface area contributed by atoms with Crippen molar-refractivity contribution in [2.75, 3.05) is 12.4 Å². The highest BCUT2D eigenvalue weighted by atomic mass is 35.5. The second kappa shape index (κ2) is 7.73. The van der Waals surface area contributed by atoms with Gasteiger partial charge in [0.15, 0.2) is 0 Å². The van der Waals surface area contributed by atoms with Gasteiger partial charge in [-0.25, -0.2) is 0 Å². The van der Waals surface area contributed by atoms with E-state index in [0.717, 1.165) is 5.75 Å². The van der Waals surface area contributed by atoms with E-state index >= 15 is 0 Å². The first-order valence-corrected chi connectivity index (χ1v) is 8.01. The fourth-order valence-corrected chi connectivity index (χ4v) is 2.41. The zero-order chi connectivity index (χ0) is 17.6. The van der Waals surface area contributed by atoms with Crippen molar-refractivity contribution in [2.24, 2.45) is 0 Å². The standard InChI is InChI=1S/C20H16ClNO3/c1-24-17-9-11-19(12-10-17)25-18-7-5-14(6-8-18)20(23)22-16-4-2-3-15(21)13-16/h2-13H,1H3,(H,22,23). The Morgan fingerprint density at radius 1 is 0.880 bits per heavy atom. The van der Waals surface area contributed by atoms with E-state index in [4.69, 9.17) is 21.1 Å². The van der Waals surface area contributed by atoms with Gasteiger partial charge in [-0.2, -0.15) is 0 Å². The van der Waals surface area contributed by atoms with E-state index in [0.29, 0.717) is 27.8 Å². The highest BCUT2D eigenvalue weighted by Gasteiger charge is 2.07. The summed E-state index contributed by atoms with van der Waals surface area (Å²) < 4.78 is 10.9. The molecule has 0 radical (unpaired) electrons. The minimum atomic E-state index is -0.210. The number of methoxy groups -OCH3 is 1. The van der Waals surface area contributed by atoms with Crippen LogP contribution in [0.1, 0.15) is 10.4 Å². The van der Waals surface area contributed by atoms with Crippen molar-refractivity contribution in [3.05, 3.63) is 83.4 Å². The normalized spacial score (nSPS) is 10.2. The van der Waals surface area contributed by atoms with Crippen LogP contribution in [0.5, 0.6) is 17.2 Å². The minimum Gasteiger partial charge on any atom is -0.497 e. The first-order valence-electron chi connectivity index (χ1n) is 7.63. The molecule has 3 aromatic carbocycles. The molecule has 1 N–H and O–H groups in total. The average Bonchev–Trinajstić information content (AvgIpc) is 2.63. The molecule has 0 saturated heterocycles. The molecule has 0 saturated carbocycles. The summed E-state index contributed by atoms with van der Waals surface area (Å²) in [6.45, 7) is 0. The Hall–Kier alpha value is -2.98. The lowest BCUT2D eigenvalue weighted by Crippen LogP contribution is -2.11. The Labute approximate surface area is 151 Å². The van der Waals surface area contributed by atoms with Gasteiger partial charge in [-0.05, 0) is 66.7 Å².